The minimum atomic E-state index is 0. The van der Waals surface area contributed by atoms with Crippen LogP contribution in [-0.2, 0) is 17.6 Å². The van der Waals surface area contributed by atoms with Crippen LogP contribution in [0.15, 0.2) is 41.5 Å². The van der Waals surface area contributed by atoms with Gasteiger partial charge in [-0.15, -0.1) is 0 Å². The number of fused-ring (bicyclic) bond motifs is 10. The first-order chi connectivity index (χ1) is 21.5. The second-order valence-electron chi connectivity index (χ2n) is 16.3. The summed E-state index contributed by atoms with van der Waals surface area (Å²) in [6, 6.07) is 12.0. The molecule has 8 rings (SSSR count). The van der Waals surface area contributed by atoms with Gasteiger partial charge in [0.25, 0.3) is 0 Å². The molecule has 46 heavy (non-hydrogen) atoms. The molecule has 0 amide bonds. The SMILES string of the molecule is C.C/C(=N\N)C1CCC2C3CCc4cc(O)ccc4C3CCC12C.CC(=O)C1CCC2C3CCc4cc(O)ccc4C3CCC12C. The molecule has 0 radical (unpaired) electrons. The Morgan fingerprint density at radius 1 is 0.717 bits per heavy atom. The largest absolute Gasteiger partial charge is 0.508 e. The van der Waals surface area contributed by atoms with Crippen LogP contribution in [0, 0.1) is 46.3 Å². The Labute approximate surface area is 277 Å². The molecular formula is C41H58N2O3. The lowest BCUT2D eigenvalue weighted by Crippen LogP contribution is -2.43. The van der Waals surface area contributed by atoms with E-state index in [0.717, 1.165) is 42.7 Å². The van der Waals surface area contributed by atoms with E-state index in [1.807, 2.05) is 24.3 Å². The summed E-state index contributed by atoms with van der Waals surface area (Å²) in [5.41, 5.74) is 7.48. The monoisotopic (exact) mass is 626 g/mol. The molecule has 10 atom stereocenters. The molecule has 2 aromatic carbocycles. The maximum atomic E-state index is 12.1. The number of phenols is 2. The van der Waals surface area contributed by atoms with Gasteiger partial charge in [-0.05, 0) is 184 Å². The number of carbonyl (C=O) groups is 1. The Morgan fingerprint density at radius 2 is 1.17 bits per heavy atom. The van der Waals surface area contributed by atoms with E-state index in [1.54, 1.807) is 6.92 Å². The lowest BCUT2D eigenvalue weighted by atomic mass is 9.54. The number of aromatic hydroxyl groups is 2. The van der Waals surface area contributed by atoms with Gasteiger partial charge >= 0.3 is 0 Å². The van der Waals surface area contributed by atoms with Crippen molar-refractivity contribution < 1.29 is 15.0 Å². The first kappa shape index (κ1) is 33.1. The van der Waals surface area contributed by atoms with Gasteiger partial charge in [0.2, 0.25) is 0 Å². The molecular weight excluding hydrogens is 568 g/mol. The van der Waals surface area contributed by atoms with Gasteiger partial charge in [-0.3, -0.25) is 4.79 Å². The van der Waals surface area contributed by atoms with Gasteiger partial charge in [0.05, 0.1) is 0 Å². The highest BCUT2D eigenvalue weighted by molar-refractivity contribution is 5.85. The van der Waals surface area contributed by atoms with Crippen LogP contribution in [0.5, 0.6) is 11.5 Å². The van der Waals surface area contributed by atoms with Gasteiger partial charge < -0.3 is 16.1 Å². The molecule has 0 heterocycles. The molecule has 5 heteroatoms. The third-order valence-corrected chi connectivity index (χ3v) is 14.6. The van der Waals surface area contributed by atoms with E-state index in [4.69, 9.17) is 5.84 Å². The summed E-state index contributed by atoms with van der Waals surface area (Å²) in [6.45, 7) is 8.79. The molecule has 6 aliphatic rings. The number of Topliss-reactive ketones (excluding diaryl/α,β-unsaturated/α-hetero) is 1. The van der Waals surface area contributed by atoms with Crippen LogP contribution in [0.2, 0.25) is 0 Å². The fraction of sp³-hybridized carbons (Fsp3) is 0.659. The van der Waals surface area contributed by atoms with Gasteiger partial charge in [0.1, 0.15) is 17.3 Å². The van der Waals surface area contributed by atoms with Crippen LogP contribution < -0.4 is 5.84 Å². The Kier molecular flexibility index (Phi) is 8.87. The zero-order chi connectivity index (χ0) is 31.7. The van der Waals surface area contributed by atoms with Gasteiger partial charge in [0, 0.05) is 17.5 Å². The van der Waals surface area contributed by atoms with Crippen LogP contribution in [0.4, 0.5) is 0 Å². The van der Waals surface area contributed by atoms with Crippen LogP contribution in [0.1, 0.15) is 133 Å². The Balaban J connectivity index is 0.000000158. The van der Waals surface area contributed by atoms with Gasteiger partial charge in [0.15, 0.2) is 0 Å². The van der Waals surface area contributed by atoms with Crippen molar-refractivity contribution in [3.63, 3.8) is 0 Å². The maximum Gasteiger partial charge on any atom is 0.133 e. The number of aryl methyl sites for hydroxylation is 2. The smallest absolute Gasteiger partial charge is 0.133 e. The first-order valence-electron chi connectivity index (χ1n) is 17.9. The number of phenolic OH excluding ortho intramolecular Hbond substituents is 2. The van der Waals surface area contributed by atoms with Gasteiger partial charge in [-0.25, -0.2) is 0 Å². The van der Waals surface area contributed by atoms with Crippen molar-refractivity contribution in [3.8, 4) is 11.5 Å². The molecule has 4 N–H and O–H groups in total. The number of ketones is 1. The molecule has 0 bridgehead atoms. The molecule has 5 nitrogen and oxygen atoms in total. The standard InChI is InChI=1S/C20H28N2O.C20H26O2.CH4/c1-12(22-21)18-7-8-19-17-5-3-13-11-14(23)4-6-15(13)16(17)9-10-20(18,19)2;1-12(21)18-7-8-19-17-5-3-13-11-14(22)4-6-15(13)16(17)9-10-20(18,19)2;/h4,6,11,16-19,23H,3,5,7-10,21H2,1-2H3;4,6,11,16-19,22H,3,5,7-10H2,1-2H3;1H4/b22-12+;;. The predicted molar refractivity (Wildman–Crippen MR) is 187 cm³/mol. The topological polar surface area (TPSA) is 95.9 Å². The van der Waals surface area contributed by atoms with Crippen molar-refractivity contribution in [3.05, 3.63) is 58.7 Å². The summed E-state index contributed by atoms with van der Waals surface area (Å²) in [5, 5.41) is 23.6. The number of hydrazone groups is 1. The fourth-order valence-corrected chi connectivity index (χ4v) is 12.6. The molecule has 4 saturated carbocycles. The van der Waals surface area contributed by atoms with Crippen molar-refractivity contribution in [1.29, 1.82) is 0 Å². The van der Waals surface area contributed by atoms with Crippen LogP contribution in [0.3, 0.4) is 0 Å². The number of hydrogen-bond donors (Lipinski definition) is 3. The summed E-state index contributed by atoms with van der Waals surface area (Å²) in [7, 11) is 0. The summed E-state index contributed by atoms with van der Waals surface area (Å²) in [6.07, 6.45) is 14.5. The summed E-state index contributed by atoms with van der Waals surface area (Å²) >= 11 is 0. The van der Waals surface area contributed by atoms with Gasteiger partial charge in [-0.2, -0.15) is 5.10 Å². The highest BCUT2D eigenvalue weighted by Gasteiger charge is 2.57. The van der Waals surface area contributed by atoms with E-state index in [-0.39, 0.29) is 12.8 Å². The van der Waals surface area contributed by atoms with E-state index < -0.39 is 0 Å². The highest BCUT2D eigenvalue weighted by Crippen LogP contribution is 2.64. The van der Waals surface area contributed by atoms with Crippen LogP contribution in [0.25, 0.3) is 0 Å². The minimum absolute atomic E-state index is 0. The number of benzene rings is 2. The Hall–Kier alpha value is -2.82. The van der Waals surface area contributed by atoms with Crippen LogP contribution in [-0.4, -0.2) is 21.7 Å². The van der Waals surface area contributed by atoms with Crippen molar-refractivity contribution >= 4 is 11.5 Å². The second-order valence-corrected chi connectivity index (χ2v) is 16.3. The molecule has 0 aliphatic heterocycles. The maximum absolute atomic E-state index is 12.1. The third kappa shape index (κ3) is 5.19. The molecule has 250 valence electrons. The lowest BCUT2D eigenvalue weighted by molar-refractivity contribution is -0.125. The molecule has 10 unspecified atom stereocenters. The molecule has 0 spiro atoms. The van der Waals surface area contributed by atoms with Crippen LogP contribution >= 0.6 is 0 Å². The molecule has 0 saturated heterocycles. The summed E-state index contributed by atoms with van der Waals surface area (Å²) in [4.78, 5) is 12.1. The molecule has 4 fully saturated rings. The van der Waals surface area contributed by atoms with Crippen molar-refractivity contribution in [2.75, 3.05) is 0 Å². The first-order valence-corrected chi connectivity index (χ1v) is 17.9. The number of carbonyl (C=O) groups excluding carboxylic acids is 1. The third-order valence-electron chi connectivity index (χ3n) is 14.6. The Morgan fingerprint density at radius 3 is 1.63 bits per heavy atom. The van der Waals surface area contributed by atoms with Crippen molar-refractivity contribution in [2.24, 2.45) is 57.3 Å². The van der Waals surface area contributed by atoms with E-state index in [2.05, 4.69) is 38.0 Å². The lowest BCUT2D eigenvalue weighted by Gasteiger charge is -2.51. The van der Waals surface area contributed by atoms with E-state index >= 15 is 0 Å². The molecule has 2 aromatic rings. The van der Waals surface area contributed by atoms with Gasteiger partial charge in [-0.1, -0.05) is 33.4 Å². The summed E-state index contributed by atoms with van der Waals surface area (Å²) < 4.78 is 0. The minimum Gasteiger partial charge on any atom is -0.508 e. The second kappa shape index (κ2) is 12.3. The number of nitrogens with zero attached hydrogens (tertiary/aromatic N) is 1. The average molecular weight is 627 g/mol. The fourth-order valence-electron chi connectivity index (χ4n) is 12.6. The normalized spacial score (nSPS) is 38.7. The zero-order valence-electron chi connectivity index (χ0n) is 27.9. The number of rotatable bonds is 2. The quantitative estimate of drug-likeness (QED) is 0.176. The summed E-state index contributed by atoms with van der Waals surface area (Å²) in [5.74, 6) is 12.1. The Bertz CT molecular complexity index is 1500. The number of hydrogen-bond acceptors (Lipinski definition) is 5. The molecule has 6 aliphatic carbocycles. The number of nitrogens with two attached hydrogens (primary N) is 1. The average Bonchev–Trinajstić information content (AvgIpc) is 3.57. The van der Waals surface area contributed by atoms with Crippen molar-refractivity contribution in [1.82, 2.24) is 0 Å². The van der Waals surface area contributed by atoms with E-state index in [0.29, 0.717) is 52.3 Å². The van der Waals surface area contributed by atoms with E-state index in [9.17, 15) is 15.0 Å². The zero-order valence-corrected chi connectivity index (χ0v) is 27.9. The van der Waals surface area contributed by atoms with E-state index in [1.165, 1.54) is 80.0 Å². The predicted octanol–water partition coefficient (Wildman–Crippen LogP) is 9.29. The highest BCUT2D eigenvalue weighted by atomic mass is 16.3. The molecule has 0 aromatic heterocycles. The van der Waals surface area contributed by atoms with Crippen molar-refractivity contribution in [2.45, 2.75) is 124 Å².